The summed E-state index contributed by atoms with van der Waals surface area (Å²) in [5.41, 5.74) is 0.730. The highest BCUT2D eigenvalue weighted by Crippen LogP contribution is 2.61. The van der Waals surface area contributed by atoms with E-state index in [9.17, 15) is 4.79 Å². The average molecular weight is 152 g/mol. The van der Waals surface area contributed by atoms with Crippen molar-refractivity contribution in [1.82, 2.24) is 0 Å². The summed E-state index contributed by atoms with van der Waals surface area (Å²) >= 11 is 0. The van der Waals surface area contributed by atoms with Gasteiger partial charge in [-0.05, 0) is 23.7 Å². The van der Waals surface area contributed by atoms with Crippen LogP contribution in [0.2, 0.25) is 0 Å². The predicted molar refractivity (Wildman–Crippen MR) is 44.3 cm³/mol. The van der Waals surface area contributed by atoms with Crippen LogP contribution in [0, 0.1) is 10.8 Å². The van der Waals surface area contributed by atoms with Gasteiger partial charge in [0, 0.05) is 12.8 Å². The molecule has 0 spiro atoms. The Balaban J connectivity index is 2.35. The Morgan fingerprint density at radius 2 is 1.55 bits per heavy atom. The van der Waals surface area contributed by atoms with E-state index in [1.165, 1.54) is 19.3 Å². The molecule has 0 aromatic heterocycles. The molecule has 0 amide bonds. The van der Waals surface area contributed by atoms with Crippen molar-refractivity contribution in [1.29, 1.82) is 0 Å². The van der Waals surface area contributed by atoms with Crippen LogP contribution in [0.5, 0.6) is 0 Å². The van der Waals surface area contributed by atoms with Crippen molar-refractivity contribution in [3.63, 3.8) is 0 Å². The number of carbonyl (C=O) groups is 1. The van der Waals surface area contributed by atoms with Crippen molar-refractivity contribution >= 4 is 5.78 Å². The lowest BCUT2D eigenvalue weighted by Gasteiger charge is -2.33. The largest absolute Gasteiger partial charge is 0.300 e. The first-order valence-electron chi connectivity index (χ1n) is 4.58. The second kappa shape index (κ2) is 1.88. The van der Waals surface area contributed by atoms with E-state index in [2.05, 4.69) is 13.8 Å². The lowest BCUT2D eigenvalue weighted by molar-refractivity contribution is -0.118. The normalized spacial score (nSPS) is 49.8. The van der Waals surface area contributed by atoms with E-state index in [1.54, 1.807) is 0 Å². The Morgan fingerprint density at radius 1 is 1.09 bits per heavy atom. The molecule has 0 aromatic rings. The van der Waals surface area contributed by atoms with Crippen LogP contribution in [0.3, 0.4) is 0 Å². The van der Waals surface area contributed by atoms with Gasteiger partial charge >= 0.3 is 0 Å². The molecule has 0 N–H and O–H groups in total. The van der Waals surface area contributed by atoms with Gasteiger partial charge in [0.25, 0.3) is 0 Å². The fourth-order valence-electron chi connectivity index (χ4n) is 3.01. The molecule has 0 saturated heterocycles. The molecule has 2 unspecified atom stereocenters. The van der Waals surface area contributed by atoms with Crippen molar-refractivity contribution in [2.45, 2.75) is 46.0 Å². The van der Waals surface area contributed by atoms with Crippen molar-refractivity contribution < 1.29 is 4.79 Å². The first-order chi connectivity index (χ1) is 5.06. The van der Waals surface area contributed by atoms with Crippen LogP contribution in [0.15, 0.2) is 0 Å². The molecule has 0 heterocycles. The van der Waals surface area contributed by atoms with Crippen LogP contribution < -0.4 is 0 Å². The maximum Gasteiger partial charge on any atom is 0.134 e. The van der Waals surface area contributed by atoms with E-state index >= 15 is 0 Å². The fraction of sp³-hybridized carbons (Fsp3) is 0.900. The van der Waals surface area contributed by atoms with Gasteiger partial charge in [0.05, 0.1) is 0 Å². The monoisotopic (exact) mass is 152 g/mol. The molecule has 11 heavy (non-hydrogen) atoms. The first kappa shape index (κ1) is 7.33. The van der Waals surface area contributed by atoms with Crippen molar-refractivity contribution in [2.75, 3.05) is 0 Å². The minimum absolute atomic E-state index is 0.365. The standard InChI is InChI=1S/C10H16O/c1-9-4-3-5-10(9,2)7-8(11)6-9/h3-7H2,1-2H3. The third kappa shape index (κ3) is 0.800. The number of ketones is 1. The van der Waals surface area contributed by atoms with Crippen LogP contribution in [-0.4, -0.2) is 5.78 Å². The van der Waals surface area contributed by atoms with Crippen LogP contribution >= 0.6 is 0 Å². The zero-order chi connectivity index (χ0) is 8.11. The molecule has 2 rings (SSSR count). The van der Waals surface area contributed by atoms with Gasteiger partial charge in [-0.15, -0.1) is 0 Å². The second-order valence-electron chi connectivity index (χ2n) is 4.87. The van der Waals surface area contributed by atoms with Crippen molar-refractivity contribution in [3.05, 3.63) is 0 Å². The lowest BCUT2D eigenvalue weighted by atomic mass is 9.71. The Bertz CT molecular complexity index is 189. The molecule has 0 aromatic carbocycles. The Labute approximate surface area is 68.2 Å². The minimum Gasteiger partial charge on any atom is -0.300 e. The molecule has 2 aliphatic rings. The summed E-state index contributed by atoms with van der Waals surface area (Å²) in [7, 11) is 0. The summed E-state index contributed by atoms with van der Waals surface area (Å²) in [6.45, 7) is 4.59. The maximum atomic E-state index is 11.3. The summed E-state index contributed by atoms with van der Waals surface area (Å²) < 4.78 is 0. The van der Waals surface area contributed by atoms with Crippen LogP contribution in [0.1, 0.15) is 46.0 Å². The summed E-state index contributed by atoms with van der Waals surface area (Å²) in [5.74, 6) is 0.495. The van der Waals surface area contributed by atoms with E-state index < -0.39 is 0 Å². The van der Waals surface area contributed by atoms with E-state index in [-0.39, 0.29) is 0 Å². The molecule has 0 aliphatic heterocycles. The zero-order valence-corrected chi connectivity index (χ0v) is 7.44. The summed E-state index contributed by atoms with van der Waals surface area (Å²) in [4.78, 5) is 11.3. The highest BCUT2D eigenvalue weighted by molar-refractivity contribution is 5.83. The van der Waals surface area contributed by atoms with Crippen molar-refractivity contribution in [3.8, 4) is 0 Å². The average Bonchev–Trinajstić information content (AvgIpc) is 2.16. The highest BCUT2D eigenvalue weighted by Gasteiger charge is 2.54. The van der Waals surface area contributed by atoms with Gasteiger partial charge in [0.1, 0.15) is 5.78 Å². The molecule has 2 atom stereocenters. The fourth-order valence-corrected chi connectivity index (χ4v) is 3.01. The quantitative estimate of drug-likeness (QED) is 0.521. The highest BCUT2D eigenvalue weighted by atomic mass is 16.1. The summed E-state index contributed by atoms with van der Waals surface area (Å²) in [5, 5.41) is 0. The third-order valence-corrected chi connectivity index (χ3v) is 4.09. The lowest BCUT2D eigenvalue weighted by Crippen LogP contribution is -2.25. The molecule has 1 heteroatoms. The number of fused-ring (bicyclic) bond motifs is 1. The van der Waals surface area contributed by atoms with Gasteiger partial charge in [-0.2, -0.15) is 0 Å². The first-order valence-corrected chi connectivity index (χ1v) is 4.58. The van der Waals surface area contributed by atoms with Gasteiger partial charge in [0.2, 0.25) is 0 Å². The molecular weight excluding hydrogens is 136 g/mol. The molecule has 2 aliphatic carbocycles. The SMILES string of the molecule is CC12CCCC1(C)CC(=O)C2. The van der Waals surface area contributed by atoms with Gasteiger partial charge < -0.3 is 0 Å². The Hall–Kier alpha value is -0.330. The molecule has 0 radical (unpaired) electrons. The predicted octanol–water partition coefficient (Wildman–Crippen LogP) is 2.55. The van der Waals surface area contributed by atoms with E-state index in [4.69, 9.17) is 0 Å². The van der Waals surface area contributed by atoms with Crippen LogP contribution in [0.4, 0.5) is 0 Å². The number of hydrogen-bond donors (Lipinski definition) is 0. The Morgan fingerprint density at radius 3 is 2.00 bits per heavy atom. The van der Waals surface area contributed by atoms with Gasteiger partial charge in [0.15, 0.2) is 0 Å². The van der Waals surface area contributed by atoms with Crippen molar-refractivity contribution in [2.24, 2.45) is 10.8 Å². The number of hydrogen-bond acceptors (Lipinski definition) is 1. The molecule has 62 valence electrons. The van der Waals surface area contributed by atoms with Gasteiger partial charge in [-0.3, -0.25) is 4.79 Å². The summed E-state index contributed by atoms with van der Waals surface area (Å²) in [6.07, 6.45) is 5.58. The third-order valence-electron chi connectivity index (χ3n) is 4.09. The minimum atomic E-state index is 0.365. The molecule has 1 nitrogen and oxygen atoms in total. The van der Waals surface area contributed by atoms with E-state index in [0.29, 0.717) is 16.6 Å². The smallest absolute Gasteiger partial charge is 0.134 e. The molecule has 2 saturated carbocycles. The molecule has 2 fully saturated rings. The number of rotatable bonds is 0. The number of carbonyl (C=O) groups excluding carboxylic acids is 1. The second-order valence-corrected chi connectivity index (χ2v) is 4.87. The summed E-state index contributed by atoms with van der Waals surface area (Å²) in [6, 6.07) is 0. The number of Topliss-reactive ketones (excluding diaryl/α,β-unsaturated/α-hetero) is 1. The van der Waals surface area contributed by atoms with E-state index in [0.717, 1.165) is 12.8 Å². The topological polar surface area (TPSA) is 17.1 Å². The maximum absolute atomic E-state index is 11.3. The molecule has 0 bridgehead atoms. The van der Waals surface area contributed by atoms with Gasteiger partial charge in [-0.25, -0.2) is 0 Å². The van der Waals surface area contributed by atoms with Crippen LogP contribution in [0.25, 0.3) is 0 Å². The van der Waals surface area contributed by atoms with Crippen LogP contribution in [-0.2, 0) is 4.79 Å². The van der Waals surface area contributed by atoms with E-state index in [1.807, 2.05) is 0 Å². The zero-order valence-electron chi connectivity index (χ0n) is 7.44. The van der Waals surface area contributed by atoms with Gasteiger partial charge in [-0.1, -0.05) is 20.3 Å². The Kier molecular flexibility index (Phi) is 1.25. The molecular formula is C10H16O.